The summed E-state index contributed by atoms with van der Waals surface area (Å²) in [6.07, 6.45) is 1.88. The third-order valence-corrected chi connectivity index (χ3v) is 4.06. The first-order valence-electron chi connectivity index (χ1n) is 7.90. The molecule has 3 aromatic carbocycles. The van der Waals surface area contributed by atoms with Crippen LogP contribution in [0.3, 0.4) is 0 Å². The van der Waals surface area contributed by atoms with Gasteiger partial charge in [0.2, 0.25) is 0 Å². The van der Waals surface area contributed by atoms with Gasteiger partial charge in [-0.3, -0.25) is 0 Å². The van der Waals surface area contributed by atoms with Crippen LogP contribution in [0.2, 0.25) is 0 Å². The number of methoxy groups -OCH3 is 1. The van der Waals surface area contributed by atoms with Crippen LogP contribution in [0.1, 0.15) is 16.7 Å². The van der Waals surface area contributed by atoms with Gasteiger partial charge in [0.1, 0.15) is 5.76 Å². The highest BCUT2D eigenvalue weighted by Crippen LogP contribution is 2.37. The summed E-state index contributed by atoms with van der Waals surface area (Å²) in [7, 11) is 1.59. The van der Waals surface area contributed by atoms with E-state index in [4.69, 9.17) is 4.74 Å². The maximum absolute atomic E-state index is 11.7. The number of benzene rings is 3. The minimum Gasteiger partial charge on any atom is -0.497 e. The van der Waals surface area contributed by atoms with Crippen LogP contribution in [0.5, 0.6) is 0 Å². The molecule has 0 radical (unpaired) electrons. The first-order chi connectivity index (χ1) is 11.7. The van der Waals surface area contributed by atoms with Gasteiger partial charge in [-0.15, -0.1) is 0 Å². The fraction of sp³-hybridized carbons (Fsp3) is 0.0909. The summed E-state index contributed by atoms with van der Waals surface area (Å²) < 4.78 is 5.64. The van der Waals surface area contributed by atoms with Crippen LogP contribution in [-0.4, -0.2) is 12.2 Å². The molecule has 0 saturated heterocycles. The van der Waals surface area contributed by atoms with Gasteiger partial charge in [-0.25, -0.2) is 0 Å². The summed E-state index contributed by atoms with van der Waals surface area (Å²) in [5.41, 5.74) is 1.15. The van der Waals surface area contributed by atoms with Crippen molar-refractivity contribution in [2.45, 2.75) is 5.60 Å². The Morgan fingerprint density at radius 3 is 1.58 bits per heavy atom. The lowest BCUT2D eigenvalue weighted by atomic mass is 9.84. The van der Waals surface area contributed by atoms with E-state index in [2.05, 4.69) is 0 Å². The molecular weight excluding hydrogens is 296 g/mol. The van der Waals surface area contributed by atoms with Crippen molar-refractivity contribution in [3.05, 3.63) is 113 Å². The van der Waals surface area contributed by atoms with Gasteiger partial charge in [0.15, 0.2) is 5.60 Å². The zero-order valence-corrected chi connectivity index (χ0v) is 13.6. The Morgan fingerprint density at radius 1 is 0.750 bits per heavy atom. The predicted octanol–water partition coefficient (Wildman–Crippen LogP) is 4.61. The summed E-state index contributed by atoms with van der Waals surface area (Å²) in [6.45, 7) is 0. The molecule has 0 amide bonds. The summed E-state index contributed by atoms with van der Waals surface area (Å²) in [4.78, 5) is 0. The third-order valence-electron chi connectivity index (χ3n) is 4.06. The molecule has 0 aliphatic rings. The number of rotatable bonds is 5. The second kappa shape index (κ2) is 7.16. The van der Waals surface area contributed by atoms with Gasteiger partial charge in [0, 0.05) is 0 Å². The quantitative estimate of drug-likeness (QED) is 0.697. The van der Waals surface area contributed by atoms with Crippen LogP contribution in [0, 0.1) is 0 Å². The van der Waals surface area contributed by atoms with Gasteiger partial charge in [-0.2, -0.15) is 0 Å². The summed E-state index contributed by atoms with van der Waals surface area (Å²) in [5.74, 6) is 0.478. The zero-order chi connectivity index (χ0) is 16.8. The largest absolute Gasteiger partial charge is 0.497 e. The minimum atomic E-state index is -1.35. The molecule has 2 heteroatoms. The van der Waals surface area contributed by atoms with E-state index in [1.165, 1.54) is 0 Å². The van der Waals surface area contributed by atoms with Crippen molar-refractivity contribution in [1.29, 1.82) is 0 Å². The molecule has 0 aliphatic carbocycles. The normalized spacial score (nSPS) is 12.0. The van der Waals surface area contributed by atoms with Crippen molar-refractivity contribution >= 4 is 6.08 Å². The van der Waals surface area contributed by atoms with Gasteiger partial charge in [0.05, 0.1) is 7.11 Å². The smallest absolute Gasteiger partial charge is 0.172 e. The molecule has 1 N–H and O–H groups in total. The molecule has 0 aromatic heterocycles. The SMILES string of the molecule is CO/C(=C/c1ccccc1)C(O)(c1ccccc1)c1ccccc1. The molecule has 24 heavy (non-hydrogen) atoms. The summed E-state index contributed by atoms with van der Waals surface area (Å²) >= 11 is 0. The van der Waals surface area contributed by atoms with E-state index in [0.29, 0.717) is 5.76 Å². The maximum atomic E-state index is 11.7. The molecular formula is C22H20O2. The van der Waals surface area contributed by atoms with Crippen molar-refractivity contribution in [1.82, 2.24) is 0 Å². The van der Waals surface area contributed by atoms with Crippen LogP contribution in [0.4, 0.5) is 0 Å². The number of hydrogen-bond donors (Lipinski definition) is 1. The summed E-state index contributed by atoms with van der Waals surface area (Å²) in [6, 6.07) is 29.0. The average Bonchev–Trinajstić information content (AvgIpc) is 2.67. The highest BCUT2D eigenvalue weighted by atomic mass is 16.5. The molecule has 0 unspecified atom stereocenters. The number of hydrogen-bond acceptors (Lipinski definition) is 2. The lowest BCUT2D eigenvalue weighted by molar-refractivity contribution is 0.0574. The fourth-order valence-corrected chi connectivity index (χ4v) is 2.82. The number of ether oxygens (including phenoxy) is 1. The maximum Gasteiger partial charge on any atom is 0.172 e. The first-order valence-corrected chi connectivity index (χ1v) is 7.90. The van der Waals surface area contributed by atoms with Crippen molar-refractivity contribution in [2.24, 2.45) is 0 Å². The molecule has 0 bridgehead atoms. The second-order valence-corrected chi connectivity index (χ2v) is 5.57. The van der Waals surface area contributed by atoms with E-state index in [9.17, 15) is 5.11 Å². The molecule has 3 aromatic rings. The molecule has 0 saturated carbocycles. The highest BCUT2D eigenvalue weighted by molar-refractivity contribution is 5.57. The highest BCUT2D eigenvalue weighted by Gasteiger charge is 2.37. The molecule has 0 atom stereocenters. The van der Waals surface area contributed by atoms with E-state index >= 15 is 0 Å². The predicted molar refractivity (Wildman–Crippen MR) is 97.3 cm³/mol. The van der Waals surface area contributed by atoms with Crippen LogP contribution in [0.15, 0.2) is 96.8 Å². The Morgan fingerprint density at radius 2 is 1.17 bits per heavy atom. The Kier molecular flexibility index (Phi) is 4.78. The molecule has 3 rings (SSSR count). The Hall–Kier alpha value is -2.84. The van der Waals surface area contributed by atoms with Crippen LogP contribution < -0.4 is 0 Å². The molecule has 120 valence electrons. The summed E-state index contributed by atoms with van der Waals surface area (Å²) in [5, 5.41) is 11.7. The molecule has 0 fully saturated rings. The second-order valence-electron chi connectivity index (χ2n) is 5.57. The first kappa shape index (κ1) is 16.0. The van der Waals surface area contributed by atoms with Crippen LogP contribution in [0.25, 0.3) is 6.08 Å². The van der Waals surface area contributed by atoms with Gasteiger partial charge in [-0.05, 0) is 22.8 Å². The molecule has 0 aliphatic heterocycles. The Labute approximate surface area is 142 Å². The van der Waals surface area contributed by atoms with Crippen molar-refractivity contribution in [3.8, 4) is 0 Å². The Bertz CT molecular complexity index is 754. The minimum absolute atomic E-state index is 0.478. The van der Waals surface area contributed by atoms with Gasteiger partial charge >= 0.3 is 0 Å². The monoisotopic (exact) mass is 316 g/mol. The Balaban J connectivity index is 2.19. The van der Waals surface area contributed by atoms with Crippen molar-refractivity contribution in [2.75, 3.05) is 7.11 Å². The molecule has 2 nitrogen and oxygen atoms in total. The number of aliphatic hydroxyl groups is 1. The third kappa shape index (κ3) is 3.10. The zero-order valence-electron chi connectivity index (χ0n) is 13.6. The van der Waals surface area contributed by atoms with E-state index in [1.54, 1.807) is 7.11 Å². The topological polar surface area (TPSA) is 29.5 Å². The van der Waals surface area contributed by atoms with Gasteiger partial charge in [-0.1, -0.05) is 91.0 Å². The van der Waals surface area contributed by atoms with Crippen molar-refractivity contribution in [3.63, 3.8) is 0 Å². The van der Waals surface area contributed by atoms with E-state index in [0.717, 1.165) is 16.7 Å². The molecule has 0 spiro atoms. The van der Waals surface area contributed by atoms with E-state index in [1.807, 2.05) is 97.1 Å². The van der Waals surface area contributed by atoms with E-state index < -0.39 is 5.60 Å². The lowest BCUT2D eigenvalue weighted by Crippen LogP contribution is -2.30. The van der Waals surface area contributed by atoms with Crippen LogP contribution in [-0.2, 0) is 10.3 Å². The van der Waals surface area contributed by atoms with Crippen molar-refractivity contribution < 1.29 is 9.84 Å². The fourth-order valence-electron chi connectivity index (χ4n) is 2.82. The standard InChI is InChI=1S/C22H20O2/c1-24-21(17-18-11-5-2-6-12-18)22(23,19-13-7-3-8-14-19)20-15-9-4-10-16-20/h2-17,23H,1H3/b21-17+. The lowest BCUT2D eigenvalue weighted by Gasteiger charge is -2.31. The van der Waals surface area contributed by atoms with Gasteiger partial charge in [0.25, 0.3) is 0 Å². The van der Waals surface area contributed by atoms with E-state index in [-0.39, 0.29) is 0 Å². The van der Waals surface area contributed by atoms with Crippen LogP contribution >= 0.6 is 0 Å². The molecule has 0 heterocycles. The average molecular weight is 316 g/mol. The van der Waals surface area contributed by atoms with Gasteiger partial charge < -0.3 is 9.84 Å².